The summed E-state index contributed by atoms with van der Waals surface area (Å²) in [5.74, 6) is 0. The monoisotopic (exact) mass is 857 g/mol. The van der Waals surface area contributed by atoms with Crippen LogP contribution >= 0.6 is 0 Å². The molecule has 0 aliphatic carbocycles. The van der Waals surface area contributed by atoms with E-state index in [2.05, 4.69) is 244 Å². The molecule has 0 aliphatic rings. The summed E-state index contributed by atoms with van der Waals surface area (Å²) in [7, 11) is 0. The Balaban J connectivity index is 1.50. The van der Waals surface area contributed by atoms with Gasteiger partial charge in [0.1, 0.15) is 0 Å². The second kappa shape index (κ2) is 18.1. The lowest BCUT2D eigenvalue weighted by Gasteiger charge is -2.24. The third kappa shape index (κ3) is 10.0. The lowest BCUT2D eigenvalue weighted by molar-refractivity contribution is 0.590. The normalized spacial score (nSPS) is 12.5. The smallest absolute Gasteiger partial charge is 0.0132 e. The third-order valence-corrected chi connectivity index (χ3v) is 13.8. The van der Waals surface area contributed by atoms with Crippen LogP contribution in [0.15, 0.2) is 133 Å². The van der Waals surface area contributed by atoms with Crippen molar-refractivity contribution in [1.82, 2.24) is 0 Å². The van der Waals surface area contributed by atoms with Crippen LogP contribution in [0.1, 0.15) is 148 Å². The van der Waals surface area contributed by atoms with Crippen LogP contribution in [0.25, 0.3) is 66.8 Å². The molecule has 0 nitrogen and oxygen atoms in total. The van der Waals surface area contributed by atoms with Crippen molar-refractivity contribution < 1.29 is 0 Å². The number of benzene rings is 7. The van der Waals surface area contributed by atoms with E-state index in [1.807, 2.05) is 0 Å². The Bertz CT molecular complexity index is 2430. The minimum absolute atomic E-state index is 0.0860. The van der Waals surface area contributed by atoms with Crippen LogP contribution < -0.4 is 0 Å². The van der Waals surface area contributed by atoms with Gasteiger partial charge >= 0.3 is 0 Å². The first-order chi connectivity index (χ1) is 30.5. The van der Waals surface area contributed by atoms with Crippen LogP contribution in [-0.2, 0) is 40.9 Å². The SMILES string of the molecule is CCc1c(-c2cc(-c3ccc(C(C)(C)C)cc3)c(CC)c(-c3ccc(C(C)(C)C)cc3)c2)cc(C)cc1-c1cc(-c2ccc(C(C)(C)C)cc2)c(CC)c(-c2ccc(C(C)(C)C)cc2)c1. The highest BCUT2D eigenvalue weighted by molar-refractivity contribution is 5.91. The van der Waals surface area contributed by atoms with Crippen molar-refractivity contribution >= 4 is 0 Å². The van der Waals surface area contributed by atoms with Gasteiger partial charge in [0, 0.05) is 0 Å². The molecule has 0 saturated carbocycles. The summed E-state index contributed by atoms with van der Waals surface area (Å²) in [5.41, 5.74) is 26.8. The lowest BCUT2D eigenvalue weighted by atomic mass is 9.80. The predicted octanol–water partition coefficient (Wildman–Crippen LogP) is 18.9. The van der Waals surface area contributed by atoms with Gasteiger partial charge in [-0.25, -0.2) is 0 Å². The summed E-state index contributed by atoms with van der Waals surface area (Å²) in [6.45, 7) is 36.9. The van der Waals surface area contributed by atoms with E-state index < -0.39 is 0 Å². The van der Waals surface area contributed by atoms with Crippen molar-refractivity contribution in [2.75, 3.05) is 0 Å². The van der Waals surface area contributed by atoms with Gasteiger partial charge in [-0.3, -0.25) is 0 Å². The highest BCUT2D eigenvalue weighted by Crippen LogP contribution is 2.45. The van der Waals surface area contributed by atoms with E-state index in [9.17, 15) is 0 Å². The van der Waals surface area contributed by atoms with Gasteiger partial charge in [0.15, 0.2) is 0 Å². The molecule has 0 heterocycles. The molecule has 7 rings (SSSR count). The molecule has 0 spiro atoms. The number of hydrogen-bond donors (Lipinski definition) is 0. The number of hydrogen-bond acceptors (Lipinski definition) is 0. The number of rotatable bonds is 9. The van der Waals surface area contributed by atoms with Crippen LogP contribution in [0.4, 0.5) is 0 Å². The van der Waals surface area contributed by atoms with Crippen molar-refractivity contribution in [3.05, 3.63) is 178 Å². The zero-order valence-electron chi connectivity index (χ0n) is 42.8. The first-order valence-corrected chi connectivity index (χ1v) is 24.4. The molecule has 0 unspecified atom stereocenters. The number of aryl methyl sites for hydroxylation is 1. The fourth-order valence-electron chi connectivity index (χ4n) is 9.76. The van der Waals surface area contributed by atoms with Crippen LogP contribution in [0.5, 0.6) is 0 Å². The minimum atomic E-state index is 0.0860. The largest absolute Gasteiger partial charge is 0.0612 e. The van der Waals surface area contributed by atoms with Crippen molar-refractivity contribution in [3.63, 3.8) is 0 Å². The van der Waals surface area contributed by atoms with Crippen LogP contribution in [0.2, 0.25) is 0 Å². The molecule has 0 fully saturated rings. The Morgan fingerprint density at radius 2 is 0.446 bits per heavy atom. The van der Waals surface area contributed by atoms with E-state index in [-0.39, 0.29) is 21.7 Å². The fraction of sp³-hybridized carbons (Fsp3) is 0.354. The van der Waals surface area contributed by atoms with Gasteiger partial charge in [0.2, 0.25) is 0 Å². The molecule has 7 aromatic carbocycles. The van der Waals surface area contributed by atoms with Gasteiger partial charge in [-0.1, -0.05) is 213 Å². The Morgan fingerprint density at radius 1 is 0.262 bits per heavy atom. The molecule has 0 bridgehead atoms. The lowest BCUT2D eigenvalue weighted by Crippen LogP contribution is -2.10. The van der Waals surface area contributed by atoms with E-state index >= 15 is 0 Å². The summed E-state index contributed by atoms with van der Waals surface area (Å²) >= 11 is 0. The zero-order valence-corrected chi connectivity index (χ0v) is 42.8. The standard InChI is InChI=1S/C65H76/c1-17-53-56(47-38-58(43-20-28-49(29-21-43)62(5,6)7)54(18-2)59(39-47)44-22-30-50(31-23-44)63(8,9)10)36-42(4)37-57(53)48-40-60(45-24-32-51(33-25-45)64(11,12)13)55(19-3)61(41-48)46-26-34-52(35-27-46)65(14,15)16/h20-41H,17-19H2,1-16H3. The molecule has 0 aromatic heterocycles. The average Bonchev–Trinajstić information content (AvgIpc) is 3.26. The highest BCUT2D eigenvalue weighted by Gasteiger charge is 2.23. The molecule has 0 atom stereocenters. The van der Waals surface area contributed by atoms with Crippen LogP contribution in [-0.4, -0.2) is 0 Å². The molecule has 7 aromatic rings. The van der Waals surface area contributed by atoms with Crippen LogP contribution in [0, 0.1) is 6.92 Å². The van der Waals surface area contributed by atoms with Crippen molar-refractivity contribution in [2.24, 2.45) is 0 Å². The molecule has 0 saturated heterocycles. The summed E-state index contributed by atoms with van der Waals surface area (Å²) in [5, 5.41) is 0. The van der Waals surface area contributed by atoms with Crippen LogP contribution in [0.3, 0.4) is 0 Å². The second-order valence-corrected chi connectivity index (χ2v) is 22.8. The summed E-state index contributed by atoms with van der Waals surface area (Å²) in [6, 6.07) is 52.4. The molecule has 0 N–H and O–H groups in total. The van der Waals surface area contributed by atoms with E-state index in [1.165, 1.54) is 111 Å². The first kappa shape index (κ1) is 47.5. The van der Waals surface area contributed by atoms with E-state index in [1.54, 1.807) is 0 Å². The van der Waals surface area contributed by atoms with Gasteiger partial charge in [-0.05, 0) is 183 Å². The first-order valence-electron chi connectivity index (χ1n) is 24.4. The van der Waals surface area contributed by atoms with Gasteiger partial charge in [0.05, 0.1) is 0 Å². The molecular formula is C65H76. The summed E-state index contributed by atoms with van der Waals surface area (Å²) < 4.78 is 0. The maximum Gasteiger partial charge on any atom is -0.0132 e. The minimum Gasteiger partial charge on any atom is -0.0612 e. The summed E-state index contributed by atoms with van der Waals surface area (Å²) in [6.07, 6.45) is 2.79. The van der Waals surface area contributed by atoms with Gasteiger partial charge in [-0.2, -0.15) is 0 Å². The quantitative estimate of drug-likeness (QED) is 0.136. The van der Waals surface area contributed by atoms with Gasteiger partial charge < -0.3 is 0 Å². The van der Waals surface area contributed by atoms with E-state index in [0.29, 0.717) is 0 Å². The molecule has 65 heavy (non-hydrogen) atoms. The maximum atomic E-state index is 2.50. The molecule has 0 amide bonds. The molecule has 0 radical (unpaired) electrons. The predicted molar refractivity (Wildman–Crippen MR) is 287 cm³/mol. The average molecular weight is 857 g/mol. The summed E-state index contributed by atoms with van der Waals surface area (Å²) in [4.78, 5) is 0. The molecule has 336 valence electrons. The van der Waals surface area contributed by atoms with E-state index in [4.69, 9.17) is 0 Å². The molecule has 0 heteroatoms. The Kier molecular flexibility index (Phi) is 13.2. The molecule has 0 aliphatic heterocycles. The zero-order chi connectivity index (χ0) is 47.2. The second-order valence-electron chi connectivity index (χ2n) is 22.8. The Labute approximate surface area is 394 Å². The van der Waals surface area contributed by atoms with Gasteiger partial charge in [0.25, 0.3) is 0 Å². The molecular weight excluding hydrogens is 781 g/mol. The van der Waals surface area contributed by atoms with E-state index in [0.717, 1.165) is 19.3 Å². The Morgan fingerprint density at radius 3 is 0.615 bits per heavy atom. The van der Waals surface area contributed by atoms with Crippen molar-refractivity contribution in [3.8, 4) is 66.8 Å². The Hall–Kier alpha value is -5.46. The fourth-order valence-corrected chi connectivity index (χ4v) is 9.76. The van der Waals surface area contributed by atoms with Gasteiger partial charge in [-0.15, -0.1) is 0 Å². The van der Waals surface area contributed by atoms with Crippen molar-refractivity contribution in [1.29, 1.82) is 0 Å². The third-order valence-electron chi connectivity index (χ3n) is 13.8. The maximum absolute atomic E-state index is 2.50. The highest BCUT2D eigenvalue weighted by atomic mass is 14.3. The topological polar surface area (TPSA) is 0 Å². The van der Waals surface area contributed by atoms with Crippen molar-refractivity contribution in [2.45, 2.75) is 152 Å².